The maximum Gasteiger partial charge on any atom is 0.338 e. The summed E-state index contributed by atoms with van der Waals surface area (Å²) in [6.07, 6.45) is 2.38. The Bertz CT molecular complexity index is 575. The van der Waals surface area contributed by atoms with Gasteiger partial charge in [0, 0.05) is 6.20 Å². The molecule has 0 saturated carbocycles. The summed E-state index contributed by atoms with van der Waals surface area (Å²) < 4.78 is 6.32. The van der Waals surface area contributed by atoms with Crippen LogP contribution < -0.4 is 0 Å². The highest BCUT2D eigenvalue weighted by molar-refractivity contribution is 5.90. The fourth-order valence-corrected chi connectivity index (χ4v) is 1.67. The molecule has 0 bridgehead atoms. The highest BCUT2D eigenvalue weighted by Gasteiger charge is 2.11. The van der Waals surface area contributed by atoms with Crippen molar-refractivity contribution < 1.29 is 14.3 Å². The molecule has 0 atom stereocenters. The van der Waals surface area contributed by atoms with E-state index in [1.54, 1.807) is 29.1 Å². The molecule has 0 fully saturated rings. The van der Waals surface area contributed by atoms with E-state index < -0.39 is 0 Å². The van der Waals surface area contributed by atoms with E-state index in [0.29, 0.717) is 24.1 Å². The van der Waals surface area contributed by atoms with E-state index in [2.05, 4.69) is 5.10 Å². The van der Waals surface area contributed by atoms with Gasteiger partial charge in [-0.1, -0.05) is 18.2 Å². The minimum Gasteiger partial charge on any atom is -0.465 e. The first-order valence-electron chi connectivity index (χ1n) is 5.39. The molecule has 5 nitrogen and oxygen atoms in total. The minimum absolute atomic E-state index is 0.366. The molecule has 0 aliphatic carbocycles. The van der Waals surface area contributed by atoms with Crippen LogP contribution >= 0.6 is 0 Å². The van der Waals surface area contributed by atoms with Crippen LogP contribution in [-0.4, -0.2) is 29.1 Å². The lowest BCUT2D eigenvalue weighted by atomic mass is 10.1. The summed E-state index contributed by atoms with van der Waals surface area (Å²) in [6, 6.07) is 8.76. The SMILES string of the molecule is COC(=O)c1ccccc1Cn1ccc(C=O)n1. The molecule has 0 radical (unpaired) electrons. The van der Waals surface area contributed by atoms with Crippen molar-refractivity contribution in [2.24, 2.45) is 0 Å². The Morgan fingerprint density at radius 3 is 2.83 bits per heavy atom. The van der Waals surface area contributed by atoms with Crippen molar-refractivity contribution in [2.75, 3.05) is 7.11 Å². The van der Waals surface area contributed by atoms with Gasteiger partial charge < -0.3 is 4.74 Å². The Balaban J connectivity index is 2.28. The van der Waals surface area contributed by atoms with Crippen LogP contribution in [0.5, 0.6) is 0 Å². The fraction of sp³-hybridized carbons (Fsp3) is 0.154. The standard InChI is InChI=1S/C13H12N2O3/c1-18-13(17)12-5-3-2-4-10(12)8-15-7-6-11(9-16)14-15/h2-7,9H,8H2,1H3. The Hall–Kier alpha value is -2.43. The first kappa shape index (κ1) is 12.0. The Morgan fingerprint density at radius 1 is 1.39 bits per heavy atom. The number of aromatic nitrogens is 2. The van der Waals surface area contributed by atoms with Crippen LogP contribution in [0.2, 0.25) is 0 Å². The van der Waals surface area contributed by atoms with Gasteiger partial charge >= 0.3 is 5.97 Å². The van der Waals surface area contributed by atoms with Gasteiger partial charge in [-0.3, -0.25) is 9.48 Å². The first-order chi connectivity index (χ1) is 8.74. The Labute approximate surface area is 104 Å². The number of carbonyl (C=O) groups excluding carboxylic acids is 2. The van der Waals surface area contributed by atoms with Gasteiger partial charge in [0.05, 0.1) is 19.2 Å². The van der Waals surface area contributed by atoms with Crippen LogP contribution in [0.3, 0.4) is 0 Å². The van der Waals surface area contributed by atoms with Crippen molar-refractivity contribution in [1.82, 2.24) is 9.78 Å². The van der Waals surface area contributed by atoms with Gasteiger partial charge in [-0.05, 0) is 17.7 Å². The second-order valence-corrected chi connectivity index (χ2v) is 3.70. The number of hydrogen-bond acceptors (Lipinski definition) is 4. The van der Waals surface area contributed by atoms with Gasteiger partial charge in [-0.25, -0.2) is 4.79 Å². The third kappa shape index (κ3) is 2.45. The van der Waals surface area contributed by atoms with E-state index in [0.717, 1.165) is 5.56 Å². The molecule has 92 valence electrons. The monoisotopic (exact) mass is 244 g/mol. The summed E-state index contributed by atoms with van der Waals surface area (Å²) in [5, 5.41) is 4.05. The van der Waals surface area contributed by atoms with E-state index >= 15 is 0 Å². The number of aldehydes is 1. The van der Waals surface area contributed by atoms with Crippen LogP contribution in [0.25, 0.3) is 0 Å². The van der Waals surface area contributed by atoms with Gasteiger partial charge in [-0.15, -0.1) is 0 Å². The van der Waals surface area contributed by atoms with E-state index in [4.69, 9.17) is 4.74 Å². The number of methoxy groups -OCH3 is 1. The third-order valence-electron chi connectivity index (χ3n) is 2.54. The average molecular weight is 244 g/mol. The lowest BCUT2D eigenvalue weighted by molar-refractivity contribution is 0.0599. The fourth-order valence-electron chi connectivity index (χ4n) is 1.67. The molecule has 5 heteroatoms. The molecular formula is C13H12N2O3. The molecule has 1 aromatic heterocycles. The minimum atomic E-state index is -0.381. The number of carbonyl (C=O) groups is 2. The zero-order valence-corrected chi connectivity index (χ0v) is 9.87. The summed E-state index contributed by atoms with van der Waals surface area (Å²) in [6.45, 7) is 0.416. The van der Waals surface area contributed by atoms with Crippen LogP contribution in [0.1, 0.15) is 26.4 Å². The molecule has 0 aliphatic rings. The number of esters is 1. The largest absolute Gasteiger partial charge is 0.465 e. The normalized spacial score (nSPS) is 10.1. The molecule has 0 aliphatic heterocycles. The molecule has 2 rings (SSSR count). The summed E-state index contributed by atoms with van der Waals surface area (Å²) in [5.41, 5.74) is 1.67. The second-order valence-electron chi connectivity index (χ2n) is 3.70. The number of ether oxygens (including phenoxy) is 1. The van der Waals surface area contributed by atoms with Crippen molar-refractivity contribution in [3.05, 3.63) is 53.3 Å². The molecule has 0 amide bonds. The van der Waals surface area contributed by atoms with Crippen molar-refractivity contribution in [3.63, 3.8) is 0 Å². The van der Waals surface area contributed by atoms with Gasteiger partial charge in [0.1, 0.15) is 5.69 Å². The highest BCUT2D eigenvalue weighted by Crippen LogP contribution is 2.11. The topological polar surface area (TPSA) is 61.2 Å². The molecular weight excluding hydrogens is 232 g/mol. The number of hydrogen-bond donors (Lipinski definition) is 0. The smallest absolute Gasteiger partial charge is 0.338 e. The molecule has 0 unspecified atom stereocenters. The molecule has 0 spiro atoms. The van der Waals surface area contributed by atoms with Gasteiger partial charge in [0.2, 0.25) is 0 Å². The summed E-state index contributed by atoms with van der Waals surface area (Å²) in [7, 11) is 1.34. The van der Waals surface area contributed by atoms with E-state index in [-0.39, 0.29) is 5.97 Å². The zero-order chi connectivity index (χ0) is 13.0. The molecule has 0 N–H and O–H groups in total. The van der Waals surface area contributed by atoms with Crippen molar-refractivity contribution in [2.45, 2.75) is 6.54 Å². The third-order valence-corrected chi connectivity index (χ3v) is 2.54. The molecule has 2 aromatic rings. The molecule has 1 heterocycles. The Kier molecular flexibility index (Phi) is 3.52. The van der Waals surface area contributed by atoms with Crippen LogP contribution in [0.15, 0.2) is 36.5 Å². The summed E-state index contributed by atoms with van der Waals surface area (Å²) in [5.74, 6) is -0.381. The van der Waals surface area contributed by atoms with Crippen LogP contribution in [-0.2, 0) is 11.3 Å². The van der Waals surface area contributed by atoms with Crippen LogP contribution in [0.4, 0.5) is 0 Å². The van der Waals surface area contributed by atoms with E-state index in [9.17, 15) is 9.59 Å². The predicted molar refractivity (Wildman–Crippen MR) is 64.5 cm³/mol. The maximum absolute atomic E-state index is 11.6. The highest BCUT2D eigenvalue weighted by atomic mass is 16.5. The number of nitrogens with zero attached hydrogens (tertiary/aromatic N) is 2. The van der Waals surface area contributed by atoms with Crippen molar-refractivity contribution in [3.8, 4) is 0 Å². The van der Waals surface area contributed by atoms with Crippen molar-refractivity contribution >= 4 is 12.3 Å². The predicted octanol–water partition coefficient (Wildman–Crippen LogP) is 1.53. The van der Waals surface area contributed by atoms with Crippen LogP contribution in [0, 0.1) is 0 Å². The van der Waals surface area contributed by atoms with Gasteiger partial charge in [-0.2, -0.15) is 5.10 Å². The number of rotatable bonds is 4. The quantitative estimate of drug-likeness (QED) is 0.604. The zero-order valence-electron chi connectivity index (χ0n) is 9.87. The second kappa shape index (κ2) is 5.27. The molecule has 1 aromatic carbocycles. The average Bonchev–Trinajstić information content (AvgIpc) is 2.86. The summed E-state index contributed by atoms with van der Waals surface area (Å²) in [4.78, 5) is 22.1. The number of benzene rings is 1. The molecule has 0 saturated heterocycles. The lowest BCUT2D eigenvalue weighted by Crippen LogP contribution is -2.09. The first-order valence-corrected chi connectivity index (χ1v) is 5.39. The maximum atomic E-state index is 11.6. The van der Waals surface area contributed by atoms with E-state index in [1.807, 2.05) is 12.1 Å². The van der Waals surface area contributed by atoms with Gasteiger partial charge in [0.25, 0.3) is 0 Å². The van der Waals surface area contributed by atoms with Gasteiger partial charge in [0.15, 0.2) is 6.29 Å². The van der Waals surface area contributed by atoms with Crippen molar-refractivity contribution in [1.29, 1.82) is 0 Å². The lowest BCUT2D eigenvalue weighted by Gasteiger charge is -2.07. The van der Waals surface area contributed by atoms with E-state index in [1.165, 1.54) is 7.11 Å². The molecule has 18 heavy (non-hydrogen) atoms. The Morgan fingerprint density at radius 2 is 2.17 bits per heavy atom. The summed E-state index contributed by atoms with van der Waals surface area (Å²) >= 11 is 0.